The zero-order chi connectivity index (χ0) is 17.5. The molecule has 2 rings (SSSR count). The molecule has 0 atom stereocenters. The average molecular weight is 328 g/mol. The van der Waals surface area contributed by atoms with Crippen LogP contribution in [0.1, 0.15) is 22.8 Å². The molecule has 0 unspecified atom stereocenters. The van der Waals surface area contributed by atoms with E-state index in [1.165, 1.54) is 6.07 Å². The van der Waals surface area contributed by atoms with Gasteiger partial charge >= 0.3 is 5.97 Å². The van der Waals surface area contributed by atoms with Gasteiger partial charge < -0.3 is 20.5 Å². The van der Waals surface area contributed by atoms with Gasteiger partial charge in [0.15, 0.2) is 0 Å². The molecule has 2 aromatic rings. The number of benzene rings is 2. The Labute approximate surface area is 140 Å². The van der Waals surface area contributed by atoms with Gasteiger partial charge in [-0.3, -0.25) is 4.79 Å². The van der Waals surface area contributed by atoms with Crippen molar-refractivity contribution in [2.45, 2.75) is 13.3 Å². The minimum Gasteiger partial charge on any atom is -0.497 e. The van der Waals surface area contributed by atoms with Crippen LogP contribution in [0, 0.1) is 0 Å². The van der Waals surface area contributed by atoms with Gasteiger partial charge in [-0.15, -0.1) is 0 Å². The lowest BCUT2D eigenvalue weighted by Gasteiger charge is -2.10. The van der Waals surface area contributed by atoms with Gasteiger partial charge in [-0.2, -0.15) is 0 Å². The van der Waals surface area contributed by atoms with Crippen molar-refractivity contribution in [2.24, 2.45) is 0 Å². The molecule has 0 heterocycles. The summed E-state index contributed by atoms with van der Waals surface area (Å²) in [5.74, 6) is 0.0431. The average Bonchev–Trinajstić information content (AvgIpc) is 2.57. The highest BCUT2D eigenvalue weighted by Gasteiger charge is 2.12. The normalized spacial score (nSPS) is 10.1. The van der Waals surface area contributed by atoms with E-state index in [4.69, 9.17) is 15.2 Å². The fourth-order valence-corrected chi connectivity index (χ4v) is 2.13. The van der Waals surface area contributed by atoms with E-state index in [1.54, 1.807) is 38.3 Å². The van der Waals surface area contributed by atoms with Crippen LogP contribution < -0.4 is 15.8 Å². The van der Waals surface area contributed by atoms with Crippen LogP contribution in [0.2, 0.25) is 0 Å². The van der Waals surface area contributed by atoms with Gasteiger partial charge in [0.05, 0.1) is 37.1 Å². The Morgan fingerprint density at radius 3 is 2.46 bits per heavy atom. The molecule has 6 nitrogen and oxygen atoms in total. The molecule has 24 heavy (non-hydrogen) atoms. The highest BCUT2D eigenvalue weighted by molar-refractivity contribution is 5.98. The number of rotatable bonds is 6. The zero-order valence-corrected chi connectivity index (χ0v) is 13.7. The summed E-state index contributed by atoms with van der Waals surface area (Å²) in [6, 6.07) is 11.9. The summed E-state index contributed by atoms with van der Waals surface area (Å²) in [5, 5.41) is 2.72. The van der Waals surface area contributed by atoms with Gasteiger partial charge in [-0.25, -0.2) is 4.79 Å². The SMILES string of the molecule is CCOC(=O)c1ccc(N)c(NC(=O)Cc2ccc(OC)cc2)c1. The number of esters is 1. The monoisotopic (exact) mass is 328 g/mol. The van der Waals surface area contributed by atoms with Gasteiger partial charge in [-0.05, 0) is 42.8 Å². The molecule has 0 aromatic heterocycles. The van der Waals surface area contributed by atoms with E-state index in [1.807, 2.05) is 12.1 Å². The van der Waals surface area contributed by atoms with Crippen LogP contribution in [0.15, 0.2) is 42.5 Å². The Morgan fingerprint density at radius 1 is 1.12 bits per heavy atom. The van der Waals surface area contributed by atoms with Crippen molar-refractivity contribution in [3.05, 3.63) is 53.6 Å². The molecule has 0 fully saturated rings. The van der Waals surface area contributed by atoms with Crippen LogP contribution in [0.4, 0.5) is 11.4 Å². The van der Waals surface area contributed by atoms with Crippen molar-refractivity contribution in [2.75, 3.05) is 24.8 Å². The first-order chi connectivity index (χ1) is 11.5. The zero-order valence-electron chi connectivity index (χ0n) is 13.7. The molecular weight excluding hydrogens is 308 g/mol. The highest BCUT2D eigenvalue weighted by Crippen LogP contribution is 2.21. The van der Waals surface area contributed by atoms with Crippen molar-refractivity contribution in [3.63, 3.8) is 0 Å². The fourth-order valence-electron chi connectivity index (χ4n) is 2.13. The number of ether oxygens (including phenoxy) is 2. The number of methoxy groups -OCH3 is 1. The highest BCUT2D eigenvalue weighted by atomic mass is 16.5. The molecule has 0 bridgehead atoms. The number of amides is 1. The molecule has 0 saturated carbocycles. The minimum absolute atomic E-state index is 0.188. The predicted molar refractivity (Wildman–Crippen MR) is 92.1 cm³/mol. The summed E-state index contributed by atoms with van der Waals surface area (Å²) in [7, 11) is 1.58. The number of hydrogen-bond donors (Lipinski definition) is 2. The first kappa shape index (κ1) is 17.3. The maximum atomic E-state index is 12.2. The van der Waals surface area contributed by atoms with Gasteiger partial charge in [0, 0.05) is 0 Å². The standard InChI is InChI=1S/C18H20N2O4/c1-3-24-18(22)13-6-9-15(19)16(11-13)20-17(21)10-12-4-7-14(23-2)8-5-12/h4-9,11H,3,10,19H2,1-2H3,(H,20,21). The van der Waals surface area contributed by atoms with Crippen LogP contribution >= 0.6 is 0 Å². The third-order valence-corrected chi connectivity index (χ3v) is 3.36. The van der Waals surface area contributed by atoms with Crippen molar-refractivity contribution >= 4 is 23.3 Å². The first-order valence-corrected chi connectivity index (χ1v) is 7.53. The number of carbonyl (C=O) groups excluding carboxylic acids is 2. The number of nitrogen functional groups attached to an aromatic ring is 1. The van der Waals surface area contributed by atoms with E-state index >= 15 is 0 Å². The van der Waals surface area contributed by atoms with E-state index in [0.717, 1.165) is 11.3 Å². The summed E-state index contributed by atoms with van der Waals surface area (Å²) >= 11 is 0. The Bertz CT molecular complexity index is 726. The number of carbonyl (C=O) groups is 2. The van der Waals surface area contributed by atoms with Gasteiger partial charge in [0.2, 0.25) is 5.91 Å². The molecule has 126 valence electrons. The van der Waals surface area contributed by atoms with Crippen molar-refractivity contribution in [3.8, 4) is 5.75 Å². The summed E-state index contributed by atoms with van der Waals surface area (Å²) in [5.41, 5.74) is 7.81. The largest absolute Gasteiger partial charge is 0.497 e. The van der Waals surface area contributed by atoms with E-state index < -0.39 is 5.97 Å². The number of anilines is 2. The summed E-state index contributed by atoms with van der Waals surface area (Å²) in [6.45, 7) is 2.01. The van der Waals surface area contributed by atoms with Gasteiger partial charge in [0.1, 0.15) is 5.75 Å². The Morgan fingerprint density at radius 2 is 1.83 bits per heavy atom. The minimum atomic E-state index is -0.455. The van der Waals surface area contributed by atoms with E-state index in [9.17, 15) is 9.59 Å². The Kier molecular flexibility index (Phi) is 5.78. The maximum Gasteiger partial charge on any atom is 0.338 e. The lowest BCUT2D eigenvalue weighted by atomic mass is 10.1. The van der Waals surface area contributed by atoms with Crippen LogP contribution in [0.5, 0.6) is 5.75 Å². The molecule has 0 aliphatic rings. The third-order valence-electron chi connectivity index (χ3n) is 3.36. The molecule has 6 heteroatoms. The van der Waals surface area contributed by atoms with E-state index in [2.05, 4.69) is 5.32 Å². The molecule has 3 N–H and O–H groups in total. The van der Waals surface area contributed by atoms with Crippen molar-refractivity contribution < 1.29 is 19.1 Å². The second-order valence-corrected chi connectivity index (χ2v) is 5.10. The third kappa shape index (κ3) is 4.49. The summed E-state index contributed by atoms with van der Waals surface area (Å²) in [6.07, 6.45) is 0.188. The molecule has 0 saturated heterocycles. The summed E-state index contributed by atoms with van der Waals surface area (Å²) < 4.78 is 10.0. The summed E-state index contributed by atoms with van der Waals surface area (Å²) in [4.78, 5) is 23.9. The van der Waals surface area contributed by atoms with Crippen molar-refractivity contribution in [1.82, 2.24) is 0 Å². The lowest BCUT2D eigenvalue weighted by Crippen LogP contribution is -2.16. The predicted octanol–water partition coefficient (Wildman–Crippen LogP) is 2.64. The van der Waals surface area contributed by atoms with Crippen LogP contribution in [-0.4, -0.2) is 25.6 Å². The molecular formula is C18H20N2O4. The molecule has 0 aliphatic carbocycles. The second-order valence-electron chi connectivity index (χ2n) is 5.10. The molecule has 0 spiro atoms. The molecule has 0 radical (unpaired) electrons. The number of hydrogen-bond acceptors (Lipinski definition) is 5. The van der Waals surface area contributed by atoms with Crippen LogP contribution in [0.3, 0.4) is 0 Å². The van der Waals surface area contributed by atoms with Gasteiger partial charge in [0.25, 0.3) is 0 Å². The molecule has 0 aliphatic heterocycles. The smallest absolute Gasteiger partial charge is 0.338 e. The first-order valence-electron chi connectivity index (χ1n) is 7.53. The lowest BCUT2D eigenvalue weighted by molar-refractivity contribution is -0.115. The quantitative estimate of drug-likeness (QED) is 0.628. The van der Waals surface area contributed by atoms with Crippen LogP contribution in [0.25, 0.3) is 0 Å². The number of nitrogens with two attached hydrogens (primary N) is 1. The molecule has 2 aromatic carbocycles. The number of nitrogens with one attached hydrogen (secondary N) is 1. The fraction of sp³-hybridized carbons (Fsp3) is 0.222. The van der Waals surface area contributed by atoms with E-state index in [-0.39, 0.29) is 18.9 Å². The topological polar surface area (TPSA) is 90.6 Å². The van der Waals surface area contributed by atoms with Crippen molar-refractivity contribution in [1.29, 1.82) is 0 Å². The van der Waals surface area contributed by atoms with Crippen LogP contribution in [-0.2, 0) is 16.0 Å². The maximum absolute atomic E-state index is 12.2. The molecule has 1 amide bonds. The van der Waals surface area contributed by atoms with E-state index in [0.29, 0.717) is 16.9 Å². The second kappa shape index (κ2) is 8.01. The Balaban J connectivity index is 2.07. The Hall–Kier alpha value is -3.02. The van der Waals surface area contributed by atoms with Gasteiger partial charge in [-0.1, -0.05) is 12.1 Å².